The van der Waals surface area contributed by atoms with Gasteiger partial charge < -0.3 is 15.2 Å². The first kappa shape index (κ1) is 12.3. The molecule has 0 aliphatic carbocycles. The zero-order chi connectivity index (χ0) is 13.0. The van der Waals surface area contributed by atoms with Gasteiger partial charge in [0.05, 0.1) is 7.11 Å². The number of benzene rings is 2. The van der Waals surface area contributed by atoms with E-state index in [4.69, 9.17) is 15.2 Å². The summed E-state index contributed by atoms with van der Waals surface area (Å²) in [6.45, 7) is 2.58. The Bertz CT molecular complexity index is 538. The number of nitrogen functional groups attached to an aromatic ring is 1. The fourth-order valence-electron chi connectivity index (χ4n) is 1.77. The molecule has 3 heteroatoms. The lowest BCUT2D eigenvalue weighted by Gasteiger charge is -2.11. The second-order valence-electron chi connectivity index (χ2n) is 4.19. The highest BCUT2D eigenvalue weighted by atomic mass is 16.5. The second kappa shape index (κ2) is 5.45. The fraction of sp³-hybridized carbons (Fsp3) is 0.200. The Morgan fingerprint density at radius 3 is 2.61 bits per heavy atom. The van der Waals surface area contributed by atoms with Gasteiger partial charge in [0.25, 0.3) is 0 Å². The average Bonchev–Trinajstić information content (AvgIpc) is 2.37. The Morgan fingerprint density at radius 2 is 1.89 bits per heavy atom. The molecule has 0 amide bonds. The molecule has 0 radical (unpaired) electrons. The van der Waals surface area contributed by atoms with Crippen LogP contribution in [0.1, 0.15) is 11.1 Å². The van der Waals surface area contributed by atoms with E-state index in [1.54, 1.807) is 19.2 Å². The topological polar surface area (TPSA) is 44.5 Å². The number of nitrogens with two attached hydrogens (primary N) is 1. The molecule has 0 aromatic heterocycles. The van der Waals surface area contributed by atoms with E-state index in [2.05, 4.69) is 19.1 Å². The number of methoxy groups -OCH3 is 1. The largest absolute Gasteiger partial charge is 0.493 e. The molecule has 2 rings (SSSR count). The molecule has 2 aromatic carbocycles. The van der Waals surface area contributed by atoms with Crippen molar-refractivity contribution >= 4 is 5.69 Å². The van der Waals surface area contributed by atoms with E-state index >= 15 is 0 Å². The Hall–Kier alpha value is -2.16. The van der Waals surface area contributed by atoms with Gasteiger partial charge >= 0.3 is 0 Å². The van der Waals surface area contributed by atoms with Crippen LogP contribution in [0.5, 0.6) is 11.5 Å². The molecule has 3 nitrogen and oxygen atoms in total. The van der Waals surface area contributed by atoms with Crippen LogP contribution >= 0.6 is 0 Å². The minimum absolute atomic E-state index is 0.516. The summed E-state index contributed by atoms with van der Waals surface area (Å²) in [4.78, 5) is 0. The summed E-state index contributed by atoms with van der Waals surface area (Å²) in [6, 6.07) is 13.6. The van der Waals surface area contributed by atoms with Gasteiger partial charge in [-0.05, 0) is 24.6 Å². The summed E-state index contributed by atoms with van der Waals surface area (Å²) in [5, 5.41) is 0. The smallest absolute Gasteiger partial charge is 0.162 e. The van der Waals surface area contributed by atoms with Crippen molar-refractivity contribution in [2.45, 2.75) is 13.5 Å². The minimum Gasteiger partial charge on any atom is -0.493 e. The normalized spacial score (nSPS) is 10.1. The summed E-state index contributed by atoms with van der Waals surface area (Å²) in [5.74, 6) is 1.36. The zero-order valence-electron chi connectivity index (χ0n) is 10.6. The van der Waals surface area contributed by atoms with E-state index in [0.717, 1.165) is 5.56 Å². The molecule has 2 aromatic rings. The molecule has 18 heavy (non-hydrogen) atoms. The molecular formula is C15H17NO2. The Labute approximate surface area is 107 Å². The molecule has 0 aliphatic rings. The lowest BCUT2D eigenvalue weighted by molar-refractivity contribution is 0.284. The van der Waals surface area contributed by atoms with Crippen molar-refractivity contribution in [3.8, 4) is 11.5 Å². The molecule has 0 saturated heterocycles. The first-order chi connectivity index (χ1) is 8.69. The van der Waals surface area contributed by atoms with E-state index in [1.807, 2.05) is 18.2 Å². The molecule has 0 unspecified atom stereocenters. The van der Waals surface area contributed by atoms with E-state index in [1.165, 1.54) is 5.56 Å². The van der Waals surface area contributed by atoms with E-state index in [0.29, 0.717) is 23.8 Å². The van der Waals surface area contributed by atoms with Crippen LogP contribution in [0.4, 0.5) is 5.69 Å². The fourth-order valence-corrected chi connectivity index (χ4v) is 1.77. The first-order valence-electron chi connectivity index (χ1n) is 5.81. The van der Waals surface area contributed by atoms with E-state index < -0.39 is 0 Å². The maximum Gasteiger partial charge on any atom is 0.162 e. The lowest BCUT2D eigenvalue weighted by Crippen LogP contribution is -1.98. The molecule has 0 fully saturated rings. The molecule has 0 saturated carbocycles. The average molecular weight is 243 g/mol. The van der Waals surface area contributed by atoms with Crippen molar-refractivity contribution in [3.63, 3.8) is 0 Å². The van der Waals surface area contributed by atoms with Crippen molar-refractivity contribution in [2.24, 2.45) is 0 Å². The highest BCUT2D eigenvalue weighted by Crippen LogP contribution is 2.29. The molecule has 2 N–H and O–H groups in total. The molecule has 0 atom stereocenters. The number of aryl methyl sites for hydroxylation is 1. The third kappa shape index (κ3) is 2.94. The van der Waals surface area contributed by atoms with Crippen LogP contribution in [0.25, 0.3) is 0 Å². The second-order valence-corrected chi connectivity index (χ2v) is 4.19. The third-order valence-electron chi connectivity index (χ3n) is 2.66. The van der Waals surface area contributed by atoms with Crippen LogP contribution in [-0.2, 0) is 6.61 Å². The molecule has 0 spiro atoms. The summed E-state index contributed by atoms with van der Waals surface area (Å²) < 4.78 is 11.0. The monoisotopic (exact) mass is 243 g/mol. The van der Waals surface area contributed by atoms with Crippen LogP contribution in [-0.4, -0.2) is 7.11 Å². The maximum absolute atomic E-state index is 5.74. The van der Waals surface area contributed by atoms with Gasteiger partial charge in [-0.1, -0.05) is 29.8 Å². The Balaban J connectivity index is 2.10. The molecule has 94 valence electrons. The summed E-state index contributed by atoms with van der Waals surface area (Å²) >= 11 is 0. The standard InChI is InChI=1S/C15H17NO2/c1-11-4-3-5-12(8-11)10-18-14-7-6-13(16)9-15(14)17-2/h3-9H,10,16H2,1-2H3. The number of anilines is 1. The van der Waals surface area contributed by atoms with E-state index in [-0.39, 0.29) is 0 Å². The summed E-state index contributed by atoms with van der Waals surface area (Å²) in [5.41, 5.74) is 8.71. The molecule has 0 heterocycles. The molecular weight excluding hydrogens is 226 g/mol. The zero-order valence-corrected chi connectivity index (χ0v) is 10.6. The number of hydrogen-bond donors (Lipinski definition) is 1. The number of rotatable bonds is 4. The lowest BCUT2D eigenvalue weighted by atomic mass is 10.1. The van der Waals surface area contributed by atoms with Crippen molar-refractivity contribution in [3.05, 3.63) is 53.6 Å². The van der Waals surface area contributed by atoms with Gasteiger partial charge in [-0.2, -0.15) is 0 Å². The quantitative estimate of drug-likeness (QED) is 0.839. The third-order valence-corrected chi connectivity index (χ3v) is 2.66. The van der Waals surface area contributed by atoms with Crippen molar-refractivity contribution in [1.82, 2.24) is 0 Å². The van der Waals surface area contributed by atoms with Gasteiger partial charge in [0, 0.05) is 11.8 Å². The SMILES string of the molecule is COc1cc(N)ccc1OCc1cccc(C)c1. The minimum atomic E-state index is 0.516. The maximum atomic E-state index is 5.74. The first-order valence-corrected chi connectivity index (χ1v) is 5.81. The molecule has 0 bridgehead atoms. The van der Waals surface area contributed by atoms with Gasteiger partial charge in [-0.3, -0.25) is 0 Å². The Morgan fingerprint density at radius 1 is 1.06 bits per heavy atom. The van der Waals surface area contributed by atoms with E-state index in [9.17, 15) is 0 Å². The predicted molar refractivity (Wildman–Crippen MR) is 72.9 cm³/mol. The van der Waals surface area contributed by atoms with Gasteiger partial charge in [0.15, 0.2) is 11.5 Å². The summed E-state index contributed by atoms with van der Waals surface area (Å²) in [6.07, 6.45) is 0. The van der Waals surface area contributed by atoms with Crippen molar-refractivity contribution < 1.29 is 9.47 Å². The van der Waals surface area contributed by atoms with Crippen molar-refractivity contribution in [2.75, 3.05) is 12.8 Å². The van der Waals surface area contributed by atoms with Gasteiger partial charge in [0.1, 0.15) is 6.61 Å². The van der Waals surface area contributed by atoms with Crippen LogP contribution in [0.3, 0.4) is 0 Å². The number of ether oxygens (including phenoxy) is 2. The summed E-state index contributed by atoms with van der Waals surface area (Å²) in [7, 11) is 1.61. The Kier molecular flexibility index (Phi) is 3.72. The van der Waals surface area contributed by atoms with Gasteiger partial charge in [-0.25, -0.2) is 0 Å². The molecule has 0 aliphatic heterocycles. The van der Waals surface area contributed by atoms with Crippen LogP contribution in [0.15, 0.2) is 42.5 Å². The van der Waals surface area contributed by atoms with Crippen LogP contribution in [0.2, 0.25) is 0 Å². The van der Waals surface area contributed by atoms with Crippen LogP contribution in [0, 0.1) is 6.92 Å². The van der Waals surface area contributed by atoms with Crippen LogP contribution < -0.4 is 15.2 Å². The van der Waals surface area contributed by atoms with Gasteiger partial charge in [0.2, 0.25) is 0 Å². The van der Waals surface area contributed by atoms with Gasteiger partial charge in [-0.15, -0.1) is 0 Å². The number of hydrogen-bond acceptors (Lipinski definition) is 3. The van der Waals surface area contributed by atoms with Crippen molar-refractivity contribution in [1.29, 1.82) is 0 Å². The highest BCUT2D eigenvalue weighted by Gasteiger charge is 2.04. The highest BCUT2D eigenvalue weighted by molar-refractivity contribution is 5.51. The predicted octanol–water partition coefficient (Wildman–Crippen LogP) is 3.16.